The molecule has 0 unspecified atom stereocenters. The van der Waals surface area contributed by atoms with Gasteiger partial charge in [0, 0.05) is 37.0 Å². The predicted octanol–water partition coefficient (Wildman–Crippen LogP) is 3.97. The van der Waals surface area contributed by atoms with E-state index in [1.165, 1.54) is 0 Å². The Morgan fingerprint density at radius 3 is 2.38 bits per heavy atom. The zero-order chi connectivity index (χ0) is 23.8. The van der Waals surface area contributed by atoms with Crippen molar-refractivity contribution < 1.29 is 23.7 Å². The molecule has 0 spiro atoms. The van der Waals surface area contributed by atoms with Crippen molar-refractivity contribution >= 4 is 11.5 Å². The number of aromatic nitrogens is 1. The molecule has 0 atom stereocenters. The van der Waals surface area contributed by atoms with Crippen LogP contribution in [-0.4, -0.2) is 56.3 Å². The van der Waals surface area contributed by atoms with Crippen LogP contribution in [0.3, 0.4) is 0 Å². The van der Waals surface area contributed by atoms with Gasteiger partial charge in [-0.3, -0.25) is 4.79 Å². The largest absolute Gasteiger partial charge is 0.493 e. The van der Waals surface area contributed by atoms with Crippen molar-refractivity contribution in [2.75, 3.05) is 40.5 Å². The van der Waals surface area contributed by atoms with Crippen LogP contribution in [0.5, 0.6) is 17.4 Å². The van der Waals surface area contributed by atoms with Crippen molar-refractivity contribution in [3.8, 4) is 17.4 Å². The molecule has 2 heterocycles. The number of morpholine rings is 1. The first-order chi connectivity index (χ1) is 16.7. The molecule has 4 rings (SSSR count). The number of methoxy groups -OCH3 is 2. The zero-order valence-corrected chi connectivity index (χ0v) is 19.4. The van der Waals surface area contributed by atoms with Crippen LogP contribution in [0, 0.1) is 0 Å². The number of pyridine rings is 1. The third-order valence-corrected chi connectivity index (χ3v) is 5.56. The lowest BCUT2D eigenvalue weighted by atomic mass is 9.98. The maximum absolute atomic E-state index is 13.1. The van der Waals surface area contributed by atoms with E-state index in [-0.39, 0.29) is 5.91 Å². The van der Waals surface area contributed by atoms with Gasteiger partial charge in [0.25, 0.3) is 0 Å². The first-order valence-corrected chi connectivity index (χ1v) is 11.1. The summed E-state index contributed by atoms with van der Waals surface area (Å²) < 4.78 is 22.0. The highest BCUT2D eigenvalue weighted by molar-refractivity contribution is 5.99. The summed E-state index contributed by atoms with van der Waals surface area (Å²) in [7, 11) is 3.18. The number of carbonyl (C=O) groups is 1. The Morgan fingerprint density at radius 2 is 1.71 bits per heavy atom. The van der Waals surface area contributed by atoms with E-state index in [4.69, 9.17) is 18.9 Å². The lowest BCUT2D eigenvalue weighted by molar-refractivity contribution is -0.129. The minimum atomic E-state index is -0.0718. The lowest BCUT2D eigenvalue weighted by Gasteiger charge is -2.26. The number of ether oxygens (including phenoxy) is 4. The molecule has 7 nitrogen and oxygen atoms in total. The molecular weight excluding hydrogens is 432 g/mol. The molecule has 1 aliphatic heterocycles. The fraction of sp³-hybridized carbons (Fsp3) is 0.259. The normalized spacial score (nSPS) is 13.9. The topological polar surface area (TPSA) is 70.1 Å². The Morgan fingerprint density at radius 1 is 0.971 bits per heavy atom. The highest BCUT2D eigenvalue weighted by atomic mass is 16.5. The highest BCUT2D eigenvalue weighted by Crippen LogP contribution is 2.33. The third-order valence-electron chi connectivity index (χ3n) is 5.56. The fourth-order valence-corrected chi connectivity index (χ4v) is 3.69. The predicted molar refractivity (Wildman–Crippen MR) is 129 cm³/mol. The smallest absolute Gasteiger partial charge is 0.247 e. The SMILES string of the molecule is COc1ccc(/C(=C\C(=O)N2CCOCC2)c2ccc(OCc3ccccc3)nc2)cc1OC. The molecule has 1 amide bonds. The summed E-state index contributed by atoms with van der Waals surface area (Å²) in [6.07, 6.45) is 3.36. The standard InChI is InChI=1S/C27H28N2O5/c1-31-24-10-8-21(16-25(24)32-2)23(17-27(30)29-12-14-33-15-13-29)22-9-11-26(28-18-22)34-19-20-6-4-3-5-7-20/h3-11,16-18H,12-15,19H2,1-2H3/b23-17+. The fourth-order valence-electron chi connectivity index (χ4n) is 3.69. The van der Waals surface area contributed by atoms with Crippen LogP contribution in [-0.2, 0) is 16.1 Å². The van der Waals surface area contributed by atoms with Crippen LogP contribution in [0.2, 0.25) is 0 Å². The van der Waals surface area contributed by atoms with Crippen LogP contribution in [0.25, 0.3) is 5.57 Å². The van der Waals surface area contributed by atoms with Gasteiger partial charge < -0.3 is 23.8 Å². The van der Waals surface area contributed by atoms with Crippen LogP contribution < -0.4 is 14.2 Å². The van der Waals surface area contributed by atoms with Gasteiger partial charge in [-0.2, -0.15) is 0 Å². The van der Waals surface area contributed by atoms with E-state index in [1.807, 2.05) is 60.7 Å². The summed E-state index contributed by atoms with van der Waals surface area (Å²) in [5, 5.41) is 0. The number of hydrogen-bond acceptors (Lipinski definition) is 6. The minimum Gasteiger partial charge on any atom is -0.493 e. The van der Waals surface area contributed by atoms with E-state index in [0.717, 1.165) is 22.3 Å². The van der Waals surface area contributed by atoms with E-state index in [1.54, 1.807) is 31.4 Å². The average Bonchev–Trinajstić information content (AvgIpc) is 2.91. The van der Waals surface area contributed by atoms with Gasteiger partial charge in [0.1, 0.15) is 6.61 Å². The maximum atomic E-state index is 13.1. The molecule has 176 valence electrons. The van der Waals surface area contributed by atoms with Gasteiger partial charge in [-0.05, 0) is 34.9 Å². The molecule has 34 heavy (non-hydrogen) atoms. The summed E-state index contributed by atoms with van der Waals surface area (Å²) >= 11 is 0. The van der Waals surface area contributed by atoms with Gasteiger partial charge in [-0.15, -0.1) is 0 Å². The minimum absolute atomic E-state index is 0.0718. The Kier molecular flexibility index (Phi) is 7.78. The first kappa shape index (κ1) is 23.3. The average molecular weight is 461 g/mol. The summed E-state index contributed by atoms with van der Waals surface area (Å²) in [4.78, 5) is 19.3. The van der Waals surface area contributed by atoms with Crippen molar-refractivity contribution in [2.24, 2.45) is 0 Å². The second-order valence-corrected chi connectivity index (χ2v) is 7.72. The quantitative estimate of drug-likeness (QED) is 0.474. The molecule has 1 saturated heterocycles. The number of hydrogen-bond donors (Lipinski definition) is 0. The van der Waals surface area contributed by atoms with Crippen LogP contribution in [0.4, 0.5) is 0 Å². The summed E-state index contributed by atoms with van der Waals surface area (Å²) in [5.74, 6) is 1.64. The summed E-state index contributed by atoms with van der Waals surface area (Å²) in [6.45, 7) is 2.65. The lowest BCUT2D eigenvalue weighted by Crippen LogP contribution is -2.39. The molecule has 1 aliphatic rings. The van der Waals surface area contributed by atoms with Gasteiger partial charge in [-0.1, -0.05) is 36.4 Å². The molecule has 2 aromatic carbocycles. The van der Waals surface area contributed by atoms with Crippen LogP contribution >= 0.6 is 0 Å². The molecular formula is C27H28N2O5. The van der Waals surface area contributed by atoms with Gasteiger partial charge in [0.15, 0.2) is 11.5 Å². The number of amides is 1. The molecule has 0 bridgehead atoms. The van der Waals surface area contributed by atoms with Crippen molar-refractivity contribution in [1.29, 1.82) is 0 Å². The van der Waals surface area contributed by atoms with Crippen LogP contribution in [0.15, 0.2) is 72.9 Å². The molecule has 1 fully saturated rings. The first-order valence-electron chi connectivity index (χ1n) is 11.1. The zero-order valence-electron chi connectivity index (χ0n) is 19.4. The molecule has 0 N–H and O–H groups in total. The second kappa shape index (κ2) is 11.3. The van der Waals surface area contributed by atoms with E-state index in [9.17, 15) is 4.79 Å². The maximum Gasteiger partial charge on any atom is 0.247 e. The monoisotopic (exact) mass is 460 g/mol. The molecule has 3 aromatic rings. The molecule has 0 radical (unpaired) electrons. The highest BCUT2D eigenvalue weighted by Gasteiger charge is 2.18. The van der Waals surface area contributed by atoms with Crippen molar-refractivity contribution in [2.45, 2.75) is 6.61 Å². The van der Waals surface area contributed by atoms with Gasteiger partial charge >= 0.3 is 0 Å². The van der Waals surface area contributed by atoms with Crippen molar-refractivity contribution in [3.63, 3.8) is 0 Å². The number of nitrogens with zero attached hydrogens (tertiary/aromatic N) is 2. The number of benzene rings is 2. The summed E-state index contributed by atoms with van der Waals surface area (Å²) in [6, 6.07) is 19.2. The van der Waals surface area contributed by atoms with E-state index >= 15 is 0 Å². The number of carbonyl (C=O) groups excluding carboxylic acids is 1. The Labute approximate surface area is 199 Å². The Hall–Kier alpha value is -3.84. The summed E-state index contributed by atoms with van der Waals surface area (Å²) in [5.41, 5.74) is 3.41. The molecule has 0 aliphatic carbocycles. The van der Waals surface area contributed by atoms with E-state index in [0.29, 0.717) is 50.3 Å². The Balaban J connectivity index is 1.62. The van der Waals surface area contributed by atoms with E-state index in [2.05, 4.69) is 4.98 Å². The Bertz CT molecular complexity index is 1120. The molecule has 1 aromatic heterocycles. The van der Waals surface area contributed by atoms with Gasteiger partial charge in [0.05, 0.1) is 27.4 Å². The van der Waals surface area contributed by atoms with Gasteiger partial charge in [-0.25, -0.2) is 4.98 Å². The molecule has 7 heteroatoms. The third kappa shape index (κ3) is 5.74. The van der Waals surface area contributed by atoms with Crippen LogP contribution in [0.1, 0.15) is 16.7 Å². The number of rotatable bonds is 8. The van der Waals surface area contributed by atoms with E-state index < -0.39 is 0 Å². The van der Waals surface area contributed by atoms with Crippen molar-refractivity contribution in [1.82, 2.24) is 9.88 Å². The van der Waals surface area contributed by atoms with Crippen molar-refractivity contribution in [3.05, 3.63) is 89.6 Å². The van der Waals surface area contributed by atoms with Gasteiger partial charge in [0.2, 0.25) is 11.8 Å². The molecule has 0 saturated carbocycles. The second-order valence-electron chi connectivity index (χ2n) is 7.72.